The lowest BCUT2D eigenvalue weighted by molar-refractivity contribution is -0.120. The van der Waals surface area contributed by atoms with E-state index < -0.39 is 0 Å². The summed E-state index contributed by atoms with van der Waals surface area (Å²) < 4.78 is 10.9. The lowest BCUT2D eigenvalue weighted by Crippen LogP contribution is -2.20. The Labute approximate surface area is 187 Å². The lowest BCUT2D eigenvalue weighted by Gasteiger charge is -2.07. The molecule has 0 bridgehead atoms. The van der Waals surface area contributed by atoms with Crippen LogP contribution in [0.2, 0.25) is 5.02 Å². The van der Waals surface area contributed by atoms with E-state index in [0.717, 1.165) is 24.2 Å². The van der Waals surface area contributed by atoms with Crippen LogP contribution >= 0.6 is 11.6 Å². The van der Waals surface area contributed by atoms with Crippen LogP contribution in [-0.4, -0.2) is 25.8 Å². The number of hydrazone groups is 1. The maximum Gasteiger partial charge on any atom is 0.244 e. The Morgan fingerprint density at radius 1 is 1.03 bits per heavy atom. The van der Waals surface area contributed by atoms with Crippen molar-refractivity contribution >= 4 is 23.7 Å². The monoisotopic (exact) mass is 436 g/mol. The molecule has 3 aromatic carbocycles. The SMILES string of the molecule is COc1ccc(Cl)c(CC(=O)N/N=C/c2ccc(OCCCc3ccccc3)cc2)c1. The van der Waals surface area contributed by atoms with Crippen molar-refractivity contribution in [1.29, 1.82) is 0 Å². The van der Waals surface area contributed by atoms with Crippen molar-refractivity contribution in [3.05, 3.63) is 94.5 Å². The van der Waals surface area contributed by atoms with Crippen molar-refractivity contribution in [2.24, 2.45) is 5.10 Å². The molecule has 3 rings (SSSR count). The molecule has 0 unspecified atom stereocenters. The summed E-state index contributed by atoms with van der Waals surface area (Å²) in [5.74, 6) is 1.20. The highest BCUT2D eigenvalue weighted by atomic mass is 35.5. The molecule has 0 heterocycles. The molecule has 0 saturated heterocycles. The number of rotatable bonds is 10. The number of nitrogens with zero attached hydrogens (tertiary/aromatic N) is 1. The zero-order chi connectivity index (χ0) is 21.9. The topological polar surface area (TPSA) is 59.9 Å². The third-order valence-corrected chi connectivity index (χ3v) is 4.98. The number of nitrogens with one attached hydrogen (secondary N) is 1. The van der Waals surface area contributed by atoms with Crippen molar-refractivity contribution in [1.82, 2.24) is 5.43 Å². The minimum atomic E-state index is -0.259. The summed E-state index contributed by atoms with van der Waals surface area (Å²) in [6, 6.07) is 23.1. The van der Waals surface area contributed by atoms with Gasteiger partial charge in [-0.05, 0) is 72.0 Å². The van der Waals surface area contributed by atoms with Gasteiger partial charge in [-0.25, -0.2) is 5.43 Å². The Bertz CT molecular complexity index is 1010. The van der Waals surface area contributed by atoms with Gasteiger partial charge in [-0.2, -0.15) is 5.10 Å². The molecule has 160 valence electrons. The zero-order valence-corrected chi connectivity index (χ0v) is 18.1. The van der Waals surface area contributed by atoms with E-state index in [9.17, 15) is 4.79 Å². The Balaban J connectivity index is 1.41. The predicted molar refractivity (Wildman–Crippen MR) is 124 cm³/mol. The van der Waals surface area contributed by atoms with Gasteiger partial charge in [0, 0.05) is 5.02 Å². The van der Waals surface area contributed by atoms with E-state index in [1.165, 1.54) is 5.56 Å². The van der Waals surface area contributed by atoms with Crippen LogP contribution in [0.3, 0.4) is 0 Å². The number of hydrogen-bond acceptors (Lipinski definition) is 4. The maximum absolute atomic E-state index is 12.1. The van der Waals surface area contributed by atoms with Crippen LogP contribution < -0.4 is 14.9 Å². The number of carbonyl (C=O) groups excluding carboxylic acids is 1. The molecule has 5 nitrogen and oxygen atoms in total. The Kier molecular flexibility index (Phi) is 8.49. The van der Waals surface area contributed by atoms with Crippen molar-refractivity contribution in [3.63, 3.8) is 0 Å². The summed E-state index contributed by atoms with van der Waals surface area (Å²) in [5, 5.41) is 4.52. The standard InChI is InChI=1S/C25H25ClN2O3/c1-30-23-13-14-24(26)21(16-23)17-25(29)28-27-18-20-9-11-22(12-10-20)31-15-5-8-19-6-3-2-4-7-19/h2-4,6-7,9-14,16,18H,5,8,15,17H2,1H3,(H,28,29)/b27-18+. The van der Waals surface area contributed by atoms with Gasteiger partial charge in [0.15, 0.2) is 0 Å². The molecular formula is C25H25ClN2O3. The molecule has 1 amide bonds. The van der Waals surface area contributed by atoms with Crippen LogP contribution in [0.4, 0.5) is 0 Å². The largest absolute Gasteiger partial charge is 0.497 e. The first kappa shape index (κ1) is 22.4. The average Bonchev–Trinajstić information content (AvgIpc) is 2.80. The first-order valence-electron chi connectivity index (χ1n) is 10.0. The normalized spacial score (nSPS) is 10.8. The fourth-order valence-corrected chi connectivity index (χ4v) is 3.15. The van der Waals surface area contributed by atoms with Gasteiger partial charge >= 0.3 is 0 Å². The van der Waals surface area contributed by atoms with E-state index >= 15 is 0 Å². The van der Waals surface area contributed by atoms with Gasteiger partial charge in [0.25, 0.3) is 0 Å². The molecule has 31 heavy (non-hydrogen) atoms. The number of halogens is 1. The smallest absolute Gasteiger partial charge is 0.244 e. The van der Waals surface area contributed by atoms with Crippen LogP contribution in [0.5, 0.6) is 11.5 Å². The number of amides is 1. The van der Waals surface area contributed by atoms with Crippen LogP contribution in [0, 0.1) is 0 Å². The number of benzene rings is 3. The molecular weight excluding hydrogens is 412 g/mol. The van der Waals surface area contributed by atoms with E-state index in [0.29, 0.717) is 22.9 Å². The Morgan fingerprint density at radius 3 is 2.52 bits per heavy atom. The molecule has 0 atom stereocenters. The van der Waals surface area contributed by atoms with Gasteiger partial charge in [-0.15, -0.1) is 0 Å². The van der Waals surface area contributed by atoms with Gasteiger partial charge in [0.1, 0.15) is 11.5 Å². The van der Waals surface area contributed by atoms with Crippen molar-refractivity contribution in [2.75, 3.05) is 13.7 Å². The quantitative estimate of drug-likeness (QED) is 0.275. The van der Waals surface area contributed by atoms with Gasteiger partial charge in [-0.3, -0.25) is 4.79 Å². The highest BCUT2D eigenvalue weighted by Crippen LogP contribution is 2.22. The van der Waals surface area contributed by atoms with E-state index in [-0.39, 0.29) is 12.3 Å². The fourth-order valence-electron chi connectivity index (χ4n) is 2.97. The van der Waals surface area contributed by atoms with E-state index in [1.807, 2.05) is 42.5 Å². The first-order chi connectivity index (χ1) is 15.1. The maximum atomic E-state index is 12.1. The van der Waals surface area contributed by atoms with Crippen molar-refractivity contribution in [2.45, 2.75) is 19.3 Å². The second-order valence-corrected chi connectivity index (χ2v) is 7.34. The van der Waals surface area contributed by atoms with Crippen LogP contribution in [0.1, 0.15) is 23.1 Å². The first-order valence-corrected chi connectivity index (χ1v) is 10.4. The van der Waals surface area contributed by atoms with E-state index in [4.69, 9.17) is 21.1 Å². The molecule has 0 aliphatic rings. The van der Waals surface area contributed by atoms with Crippen LogP contribution in [-0.2, 0) is 17.6 Å². The summed E-state index contributed by atoms with van der Waals surface area (Å²) in [7, 11) is 1.57. The van der Waals surface area contributed by atoms with Crippen LogP contribution in [0.25, 0.3) is 0 Å². The summed E-state index contributed by atoms with van der Waals surface area (Å²) in [5.41, 5.74) is 5.37. The summed E-state index contributed by atoms with van der Waals surface area (Å²) in [6.07, 6.45) is 3.65. The highest BCUT2D eigenvalue weighted by Gasteiger charge is 2.08. The molecule has 0 aromatic heterocycles. The molecule has 3 aromatic rings. The molecule has 0 saturated carbocycles. The van der Waals surface area contributed by atoms with Gasteiger partial charge < -0.3 is 9.47 Å². The minimum Gasteiger partial charge on any atom is -0.497 e. The van der Waals surface area contributed by atoms with E-state index in [1.54, 1.807) is 31.5 Å². The number of carbonyl (C=O) groups is 1. The highest BCUT2D eigenvalue weighted by molar-refractivity contribution is 6.31. The predicted octanol–water partition coefficient (Wildman–Crippen LogP) is 5.05. The number of ether oxygens (including phenoxy) is 2. The molecule has 0 aliphatic carbocycles. The van der Waals surface area contributed by atoms with E-state index in [2.05, 4.69) is 22.7 Å². The van der Waals surface area contributed by atoms with Crippen molar-refractivity contribution in [3.8, 4) is 11.5 Å². The molecule has 0 aliphatic heterocycles. The minimum absolute atomic E-state index is 0.114. The third-order valence-electron chi connectivity index (χ3n) is 4.61. The fraction of sp³-hybridized carbons (Fsp3) is 0.200. The second-order valence-electron chi connectivity index (χ2n) is 6.93. The van der Waals surface area contributed by atoms with Gasteiger partial charge in [0.2, 0.25) is 5.91 Å². The molecule has 6 heteroatoms. The van der Waals surface area contributed by atoms with Gasteiger partial charge in [0.05, 0.1) is 26.4 Å². The summed E-state index contributed by atoms with van der Waals surface area (Å²) in [4.78, 5) is 12.1. The Morgan fingerprint density at radius 2 is 1.77 bits per heavy atom. The number of methoxy groups -OCH3 is 1. The molecule has 1 N–H and O–H groups in total. The summed E-state index contributed by atoms with van der Waals surface area (Å²) >= 11 is 6.13. The van der Waals surface area contributed by atoms with Gasteiger partial charge in [-0.1, -0.05) is 41.9 Å². The second kappa shape index (κ2) is 11.8. The average molecular weight is 437 g/mol. The van der Waals surface area contributed by atoms with Crippen molar-refractivity contribution < 1.29 is 14.3 Å². The number of hydrogen-bond donors (Lipinski definition) is 1. The molecule has 0 fully saturated rings. The molecule has 0 spiro atoms. The zero-order valence-electron chi connectivity index (χ0n) is 17.4. The molecule has 0 radical (unpaired) electrons. The summed E-state index contributed by atoms with van der Waals surface area (Å²) in [6.45, 7) is 0.658. The lowest BCUT2D eigenvalue weighted by atomic mass is 10.1. The Hall–Kier alpha value is -3.31. The van der Waals surface area contributed by atoms with Crippen LogP contribution in [0.15, 0.2) is 77.9 Å². The third kappa shape index (κ3) is 7.46. The number of aryl methyl sites for hydroxylation is 1.